The summed E-state index contributed by atoms with van der Waals surface area (Å²) < 4.78 is 0. The Kier molecular flexibility index (Phi) is 2.05. The summed E-state index contributed by atoms with van der Waals surface area (Å²) in [7, 11) is 2.14. The highest BCUT2D eigenvalue weighted by Gasteiger charge is 2.32. The molecular weight excluding hydrogens is 150 g/mol. The molecule has 2 aliphatic rings. The van der Waals surface area contributed by atoms with Crippen molar-refractivity contribution in [2.75, 3.05) is 13.6 Å². The highest BCUT2D eigenvalue weighted by Crippen LogP contribution is 2.24. The van der Waals surface area contributed by atoms with E-state index in [1.54, 1.807) is 0 Å². The van der Waals surface area contributed by atoms with Crippen LogP contribution in [0.5, 0.6) is 0 Å². The molecule has 1 saturated carbocycles. The molecule has 0 amide bonds. The Balaban J connectivity index is 2.06. The van der Waals surface area contributed by atoms with Crippen LogP contribution in [0.25, 0.3) is 0 Å². The van der Waals surface area contributed by atoms with Crippen LogP contribution >= 0.6 is 0 Å². The average molecular weight is 167 g/mol. The van der Waals surface area contributed by atoms with Gasteiger partial charge < -0.3 is 5.32 Å². The van der Waals surface area contributed by atoms with E-state index in [4.69, 9.17) is 5.41 Å². The highest BCUT2D eigenvalue weighted by atomic mass is 15.2. The summed E-state index contributed by atoms with van der Waals surface area (Å²) in [5.41, 5.74) is 0. The molecule has 0 aromatic rings. The number of nitrogens with one attached hydrogen (secondary N) is 2. The summed E-state index contributed by atoms with van der Waals surface area (Å²) in [5, 5.41) is 10.9. The van der Waals surface area contributed by atoms with Crippen LogP contribution < -0.4 is 5.32 Å². The first-order valence-corrected chi connectivity index (χ1v) is 4.81. The van der Waals surface area contributed by atoms with Crippen LogP contribution in [0.4, 0.5) is 0 Å². The molecule has 0 aromatic carbocycles. The second-order valence-electron chi connectivity index (χ2n) is 4.00. The predicted molar refractivity (Wildman–Crippen MR) is 49.5 cm³/mol. The van der Waals surface area contributed by atoms with Crippen molar-refractivity contribution in [1.29, 1.82) is 5.41 Å². The predicted octanol–water partition coefficient (Wildman–Crippen LogP) is 0.810. The van der Waals surface area contributed by atoms with Gasteiger partial charge in [-0.3, -0.25) is 10.3 Å². The van der Waals surface area contributed by atoms with E-state index in [0.717, 1.165) is 6.54 Å². The van der Waals surface area contributed by atoms with Crippen LogP contribution in [0.1, 0.15) is 25.7 Å². The van der Waals surface area contributed by atoms with E-state index in [-0.39, 0.29) is 0 Å². The highest BCUT2D eigenvalue weighted by molar-refractivity contribution is 5.82. The van der Waals surface area contributed by atoms with Crippen LogP contribution in [0.15, 0.2) is 0 Å². The molecule has 2 rings (SSSR count). The Morgan fingerprint density at radius 1 is 1.42 bits per heavy atom. The van der Waals surface area contributed by atoms with Gasteiger partial charge in [0.15, 0.2) is 0 Å². The lowest BCUT2D eigenvalue weighted by Crippen LogP contribution is -2.59. The van der Waals surface area contributed by atoms with Gasteiger partial charge in [-0.1, -0.05) is 12.8 Å². The average Bonchev–Trinajstić information content (AvgIpc) is 2.04. The van der Waals surface area contributed by atoms with Crippen LogP contribution in [-0.4, -0.2) is 36.4 Å². The topological polar surface area (TPSA) is 39.1 Å². The van der Waals surface area contributed by atoms with Crippen molar-refractivity contribution < 1.29 is 0 Å². The maximum absolute atomic E-state index is 7.59. The Labute approximate surface area is 73.6 Å². The van der Waals surface area contributed by atoms with Gasteiger partial charge in [0.05, 0.1) is 6.54 Å². The Hall–Kier alpha value is -0.570. The largest absolute Gasteiger partial charge is 0.369 e. The van der Waals surface area contributed by atoms with Crippen LogP contribution in [-0.2, 0) is 0 Å². The third-order valence-corrected chi connectivity index (χ3v) is 3.06. The number of hydrogen-bond acceptors (Lipinski definition) is 2. The number of nitrogens with zero attached hydrogens (tertiary/aromatic N) is 1. The summed E-state index contributed by atoms with van der Waals surface area (Å²) >= 11 is 0. The van der Waals surface area contributed by atoms with Gasteiger partial charge in [-0.25, -0.2) is 0 Å². The standard InChI is InChI=1S/C9H17N3/c1-12-6-9(10)11-7-4-2-3-5-8(7)12/h7-8H,2-6H2,1H3,(H2,10,11)/t7-,8-/m0/s1. The number of rotatable bonds is 0. The Bertz CT molecular complexity index is 190. The maximum atomic E-state index is 7.59. The van der Waals surface area contributed by atoms with Gasteiger partial charge in [-0.15, -0.1) is 0 Å². The number of likely N-dealkylation sites (N-methyl/N-ethyl adjacent to an activating group) is 1. The summed E-state index contributed by atoms with van der Waals surface area (Å²) in [4.78, 5) is 2.32. The van der Waals surface area contributed by atoms with E-state index in [1.165, 1.54) is 25.7 Å². The van der Waals surface area contributed by atoms with Gasteiger partial charge in [-0.2, -0.15) is 0 Å². The van der Waals surface area contributed by atoms with Gasteiger partial charge in [-0.05, 0) is 19.9 Å². The third kappa shape index (κ3) is 1.33. The van der Waals surface area contributed by atoms with E-state index >= 15 is 0 Å². The molecule has 3 nitrogen and oxygen atoms in total. The Morgan fingerprint density at radius 3 is 3.00 bits per heavy atom. The molecule has 1 aliphatic carbocycles. The van der Waals surface area contributed by atoms with E-state index in [2.05, 4.69) is 17.3 Å². The summed E-state index contributed by atoms with van der Waals surface area (Å²) in [6, 6.07) is 1.25. The minimum absolute atomic E-state index is 0.560. The van der Waals surface area contributed by atoms with Gasteiger partial charge in [0, 0.05) is 12.1 Å². The number of piperazine rings is 1. The van der Waals surface area contributed by atoms with Gasteiger partial charge in [0.1, 0.15) is 5.84 Å². The van der Waals surface area contributed by atoms with Gasteiger partial charge >= 0.3 is 0 Å². The zero-order chi connectivity index (χ0) is 8.55. The number of fused-ring (bicyclic) bond motifs is 1. The molecule has 12 heavy (non-hydrogen) atoms. The zero-order valence-corrected chi connectivity index (χ0v) is 7.64. The van der Waals surface area contributed by atoms with Crippen molar-refractivity contribution in [2.24, 2.45) is 0 Å². The fourth-order valence-electron chi connectivity index (χ4n) is 2.44. The minimum Gasteiger partial charge on any atom is -0.369 e. The smallest absolute Gasteiger partial charge is 0.108 e. The first kappa shape index (κ1) is 8.05. The Morgan fingerprint density at radius 2 is 2.17 bits per heavy atom. The SMILES string of the molecule is CN1CC(=N)N[C@H]2CCCC[C@@H]21. The molecule has 68 valence electrons. The van der Waals surface area contributed by atoms with E-state index in [1.807, 2.05) is 0 Å². The van der Waals surface area contributed by atoms with E-state index in [9.17, 15) is 0 Å². The fourth-order valence-corrected chi connectivity index (χ4v) is 2.44. The molecule has 0 spiro atoms. The maximum Gasteiger partial charge on any atom is 0.108 e. The lowest BCUT2D eigenvalue weighted by atomic mass is 9.88. The van der Waals surface area contributed by atoms with Crippen molar-refractivity contribution >= 4 is 5.84 Å². The van der Waals surface area contributed by atoms with Crippen LogP contribution in [0.3, 0.4) is 0 Å². The van der Waals surface area contributed by atoms with Gasteiger partial charge in [0.25, 0.3) is 0 Å². The van der Waals surface area contributed by atoms with Crippen LogP contribution in [0, 0.1) is 5.41 Å². The first-order chi connectivity index (χ1) is 5.77. The molecule has 0 unspecified atom stereocenters. The molecule has 2 N–H and O–H groups in total. The molecule has 1 heterocycles. The van der Waals surface area contributed by atoms with Crippen molar-refractivity contribution in [3.8, 4) is 0 Å². The molecule has 0 aromatic heterocycles. The lowest BCUT2D eigenvalue weighted by molar-refractivity contribution is 0.157. The monoisotopic (exact) mass is 167 g/mol. The summed E-state index contributed by atoms with van der Waals surface area (Å²) in [6.45, 7) is 0.807. The van der Waals surface area contributed by atoms with Crippen LogP contribution in [0.2, 0.25) is 0 Å². The van der Waals surface area contributed by atoms with E-state index < -0.39 is 0 Å². The first-order valence-electron chi connectivity index (χ1n) is 4.81. The molecule has 1 saturated heterocycles. The number of amidine groups is 1. The second-order valence-corrected chi connectivity index (χ2v) is 4.00. The minimum atomic E-state index is 0.560. The van der Waals surface area contributed by atoms with E-state index in [0.29, 0.717) is 17.9 Å². The molecule has 2 atom stereocenters. The van der Waals surface area contributed by atoms with Gasteiger partial charge in [0.2, 0.25) is 0 Å². The van der Waals surface area contributed by atoms with Crippen molar-refractivity contribution in [3.05, 3.63) is 0 Å². The lowest BCUT2D eigenvalue weighted by Gasteiger charge is -2.43. The zero-order valence-electron chi connectivity index (χ0n) is 7.64. The number of hydrogen-bond donors (Lipinski definition) is 2. The second kappa shape index (κ2) is 3.05. The molecule has 3 heteroatoms. The third-order valence-electron chi connectivity index (χ3n) is 3.06. The van der Waals surface area contributed by atoms with Crippen molar-refractivity contribution in [3.63, 3.8) is 0 Å². The molecule has 2 fully saturated rings. The summed E-state index contributed by atoms with van der Waals surface area (Å²) in [5.74, 6) is 0.695. The summed E-state index contributed by atoms with van der Waals surface area (Å²) in [6.07, 6.45) is 5.24. The molecule has 0 radical (unpaired) electrons. The van der Waals surface area contributed by atoms with Crippen molar-refractivity contribution in [1.82, 2.24) is 10.2 Å². The molecule has 1 aliphatic heterocycles. The normalized spacial score (nSPS) is 37.2. The fraction of sp³-hybridized carbons (Fsp3) is 0.889. The van der Waals surface area contributed by atoms with Crippen molar-refractivity contribution in [2.45, 2.75) is 37.8 Å². The molecular formula is C9H17N3. The molecule has 0 bridgehead atoms. The quantitative estimate of drug-likeness (QED) is 0.560.